The van der Waals surface area contributed by atoms with E-state index in [2.05, 4.69) is 26.3 Å². The van der Waals surface area contributed by atoms with Gasteiger partial charge in [-0.2, -0.15) is 9.40 Å². The number of piperidine rings is 1. The van der Waals surface area contributed by atoms with Crippen LogP contribution in [0.4, 0.5) is 5.82 Å². The number of sulfonamides is 1. The highest BCUT2D eigenvalue weighted by Gasteiger charge is 2.30. The van der Waals surface area contributed by atoms with Crippen molar-refractivity contribution in [2.75, 3.05) is 18.4 Å². The number of anilines is 1. The van der Waals surface area contributed by atoms with Gasteiger partial charge in [0, 0.05) is 19.3 Å². The van der Waals surface area contributed by atoms with Gasteiger partial charge in [-0.25, -0.2) is 8.42 Å². The van der Waals surface area contributed by atoms with E-state index in [1.54, 1.807) is 23.0 Å². The first-order valence-corrected chi connectivity index (χ1v) is 14.3. The molecule has 35 heavy (non-hydrogen) atoms. The molecular formula is C22H19BrCl4N4O3S. The second-order valence-electron chi connectivity index (χ2n) is 7.95. The van der Waals surface area contributed by atoms with Gasteiger partial charge < -0.3 is 5.32 Å². The van der Waals surface area contributed by atoms with Crippen LogP contribution in [0.5, 0.6) is 0 Å². The summed E-state index contributed by atoms with van der Waals surface area (Å²) in [5, 5.41) is 7.92. The summed E-state index contributed by atoms with van der Waals surface area (Å²) in [6.45, 7) is 1.20. The number of halogens is 5. The van der Waals surface area contributed by atoms with E-state index in [-0.39, 0.29) is 26.3 Å². The summed E-state index contributed by atoms with van der Waals surface area (Å²) in [5.41, 5.74) is 0.832. The standard InChI is InChI=1S/C22H19BrCl4N4O3S/c23-15-12-30(11-13-4-5-16(24)18(26)8-13)29-21(15)28-22(32)14-9-20(19(27)10-17(14)25)35(33,34)31-6-2-1-3-7-31/h4-5,8-10,12H,1-3,6-7,11H2,(H,28,29,32). The lowest BCUT2D eigenvalue weighted by atomic mass is 10.2. The number of hydrogen-bond acceptors (Lipinski definition) is 4. The maximum atomic E-state index is 13.2. The number of aromatic nitrogens is 2. The molecule has 1 saturated heterocycles. The summed E-state index contributed by atoms with van der Waals surface area (Å²) < 4.78 is 29.8. The van der Waals surface area contributed by atoms with Crippen molar-refractivity contribution in [1.29, 1.82) is 0 Å². The molecule has 0 bridgehead atoms. The average molecular weight is 641 g/mol. The minimum absolute atomic E-state index is 0.0245. The molecule has 0 saturated carbocycles. The van der Waals surface area contributed by atoms with Gasteiger partial charge in [0.05, 0.1) is 36.7 Å². The fourth-order valence-electron chi connectivity index (χ4n) is 3.71. The van der Waals surface area contributed by atoms with Crippen molar-refractivity contribution in [3.8, 4) is 0 Å². The highest BCUT2D eigenvalue weighted by atomic mass is 79.9. The molecule has 1 aliphatic rings. The molecule has 0 unspecified atom stereocenters. The van der Waals surface area contributed by atoms with Gasteiger partial charge in [0.1, 0.15) is 4.90 Å². The van der Waals surface area contributed by atoms with Gasteiger partial charge in [0.25, 0.3) is 5.91 Å². The number of amides is 1. The van der Waals surface area contributed by atoms with Crippen molar-refractivity contribution in [2.24, 2.45) is 0 Å². The predicted octanol–water partition coefficient (Wildman–Crippen LogP) is 6.73. The Morgan fingerprint density at radius 1 is 0.971 bits per heavy atom. The molecular weight excluding hydrogens is 622 g/mol. The number of hydrogen-bond donors (Lipinski definition) is 1. The van der Waals surface area contributed by atoms with Gasteiger partial charge in [-0.3, -0.25) is 9.48 Å². The van der Waals surface area contributed by atoms with Gasteiger partial charge in [-0.05, 0) is 58.6 Å². The molecule has 1 aliphatic heterocycles. The van der Waals surface area contributed by atoms with E-state index in [0.29, 0.717) is 34.2 Å². The van der Waals surface area contributed by atoms with Gasteiger partial charge in [0.15, 0.2) is 5.82 Å². The summed E-state index contributed by atoms with van der Waals surface area (Å²) >= 11 is 27.9. The maximum absolute atomic E-state index is 13.2. The number of carbonyl (C=O) groups is 1. The van der Waals surface area contributed by atoms with Gasteiger partial charge >= 0.3 is 0 Å². The number of nitrogens with one attached hydrogen (secondary N) is 1. The number of benzene rings is 2. The van der Waals surface area contributed by atoms with Crippen molar-refractivity contribution >= 4 is 84.1 Å². The largest absolute Gasteiger partial charge is 0.304 e. The summed E-state index contributed by atoms with van der Waals surface area (Å²) in [4.78, 5) is 12.9. The van der Waals surface area contributed by atoms with Crippen LogP contribution >= 0.6 is 62.3 Å². The molecule has 13 heteroatoms. The van der Waals surface area contributed by atoms with Crippen molar-refractivity contribution in [2.45, 2.75) is 30.7 Å². The minimum atomic E-state index is -3.87. The molecule has 0 aliphatic carbocycles. The van der Waals surface area contributed by atoms with Crippen LogP contribution in [0.1, 0.15) is 35.2 Å². The zero-order chi connectivity index (χ0) is 25.3. The van der Waals surface area contributed by atoms with Crippen LogP contribution < -0.4 is 5.32 Å². The van der Waals surface area contributed by atoms with Crippen LogP contribution in [0, 0.1) is 0 Å². The number of carbonyl (C=O) groups excluding carboxylic acids is 1. The van der Waals surface area contributed by atoms with Gasteiger partial charge in [-0.1, -0.05) is 58.9 Å². The number of nitrogens with zero attached hydrogens (tertiary/aromatic N) is 3. The van der Waals surface area contributed by atoms with Crippen molar-refractivity contribution in [3.63, 3.8) is 0 Å². The van der Waals surface area contributed by atoms with Crippen LogP contribution in [0.3, 0.4) is 0 Å². The Bertz CT molecular complexity index is 1390. The van der Waals surface area contributed by atoms with E-state index in [4.69, 9.17) is 46.4 Å². The fraction of sp³-hybridized carbons (Fsp3) is 0.273. The molecule has 1 aromatic heterocycles. The highest BCUT2D eigenvalue weighted by Crippen LogP contribution is 2.33. The van der Waals surface area contributed by atoms with Crippen LogP contribution in [-0.4, -0.2) is 41.5 Å². The minimum Gasteiger partial charge on any atom is -0.304 e. The molecule has 2 aromatic carbocycles. The number of rotatable bonds is 6. The van der Waals surface area contributed by atoms with Crippen LogP contribution in [0.15, 0.2) is 45.9 Å². The SMILES string of the molecule is O=C(Nc1nn(Cc2ccc(Cl)c(Cl)c2)cc1Br)c1cc(S(=O)(=O)N2CCCCC2)c(Cl)cc1Cl. The van der Waals surface area contributed by atoms with Crippen molar-refractivity contribution in [3.05, 3.63) is 72.2 Å². The summed E-state index contributed by atoms with van der Waals surface area (Å²) in [7, 11) is -3.87. The van der Waals surface area contributed by atoms with E-state index >= 15 is 0 Å². The monoisotopic (exact) mass is 638 g/mol. The normalized spacial score (nSPS) is 14.8. The van der Waals surface area contributed by atoms with Crippen molar-refractivity contribution in [1.82, 2.24) is 14.1 Å². The molecule has 4 rings (SSSR count). The third-order valence-corrected chi connectivity index (χ3v) is 9.47. The van der Waals surface area contributed by atoms with Crippen LogP contribution in [0.2, 0.25) is 20.1 Å². The third kappa shape index (κ3) is 5.98. The quantitative estimate of drug-likeness (QED) is 0.324. The summed E-state index contributed by atoms with van der Waals surface area (Å²) in [6, 6.07) is 7.73. The third-order valence-electron chi connectivity index (χ3n) is 5.48. The van der Waals surface area contributed by atoms with E-state index < -0.39 is 15.9 Å². The lowest BCUT2D eigenvalue weighted by molar-refractivity contribution is 0.102. The highest BCUT2D eigenvalue weighted by molar-refractivity contribution is 9.10. The Kier molecular flexibility index (Phi) is 8.37. The van der Waals surface area contributed by atoms with Crippen LogP contribution in [0.25, 0.3) is 0 Å². The lowest BCUT2D eigenvalue weighted by Crippen LogP contribution is -2.35. The molecule has 0 atom stereocenters. The van der Waals surface area contributed by atoms with Gasteiger partial charge in [0.2, 0.25) is 10.0 Å². The Labute approximate surface area is 231 Å². The molecule has 186 valence electrons. The fourth-order valence-corrected chi connectivity index (χ4v) is 6.79. The Morgan fingerprint density at radius 3 is 2.37 bits per heavy atom. The zero-order valence-electron chi connectivity index (χ0n) is 18.1. The molecule has 1 fully saturated rings. The summed E-state index contributed by atoms with van der Waals surface area (Å²) in [6.07, 6.45) is 4.21. The summed E-state index contributed by atoms with van der Waals surface area (Å²) in [5.74, 6) is -0.385. The van der Waals surface area contributed by atoms with Crippen molar-refractivity contribution < 1.29 is 13.2 Å². The Balaban J connectivity index is 1.57. The van der Waals surface area contributed by atoms with E-state index in [1.807, 2.05) is 6.07 Å². The first-order chi connectivity index (χ1) is 16.6. The molecule has 2 heterocycles. The molecule has 7 nitrogen and oxygen atoms in total. The maximum Gasteiger partial charge on any atom is 0.258 e. The average Bonchev–Trinajstić information content (AvgIpc) is 3.15. The molecule has 1 N–H and O–H groups in total. The Hall–Kier alpha value is -1.33. The molecule has 0 spiro atoms. The zero-order valence-corrected chi connectivity index (χ0v) is 23.5. The lowest BCUT2D eigenvalue weighted by Gasteiger charge is -2.26. The van der Waals surface area contributed by atoms with Gasteiger partial charge in [-0.15, -0.1) is 0 Å². The van der Waals surface area contributed by atoms with E-state index in [0.717, 1.165) is 24.8 Å². The first-order valence-electron chi connectivity index (χ1n) is 10.5. The molecule has 0 radical (unpaired) electrons. The topological polar surface area (TPSA) is 84.3 Å². The first kappa shape index (κ1) is 26.7. The molecule has 3 aromatic rings. The Morgan fingerprint density at radius 2 is 1.69 bits per heavy atom. The second kappa shape index (κ2) is 11.0. The van der Waals surface area contributed by atoms with E-state index in [9.17, 15) is 13.2 Å². The van der Waals surface area contributed by atoms with E-state index in [1.165, 1.54) is 16.4 Å². The second-order valence-corrected chi connectivity index (χ2v) is 12.3. The van der Waals surface area contributed by atoms with Crippen LogP contribution in [-0.2, 0) is 16.6 Å². The molecule has 1 amide bonds. The predicted molar refractivity (Wildman–Crippen MR) is 143 cm³/mol. The smallest absolute Gasteiger partial charge is 0.258 e.